The van der Waals surface area contributed by atoms with E-state index in [4.69, 9.17) is 58.5 Å². The summed E-state index contributed by atoms with van der Waals surface area (Å²) in [5.74, 6) is 1.22. The maximum absolute atomic E-state index is 7.19. The fourth-order valence-electron chi connectivity index (χ4n) is 5.60. The monoisotopic (exact) mass is 567 g/mol. The van der Waals surface area contributed by atoms with Crippen LogP contribution in [0.15, 0.2) is 47.7 Å². The molecule has 6 nitrogen and oxygen atoms in total. The van der Waals surface area contributed by atoms with Crippen LogP contribution in [0.3, 0.4) is 0 Å². The van der Waals surface area contributed by atoms with Crippen LogP contribution < -0.4 is 14.4 Å². The highest BCUT2D eigenvalue weighted by molar-refractivity contribution is 6.34. The Hall–Kier alpha value is -1.67. The standard InChI is InChI=1S/C28H32Cl3NO5/c1-5-16-15-28(2,31)27(30)32-20-10-9-17(29)13-19(20)25(18-7-6-8-21(33-3)26(18)34-4)37-22(24(16)32)14-23-35-11-12-36-23/h6-10,13,22-23,25,27H,5,11-12,14-15H2,1-4H3. The third-order valence-electron chi connectivity index (χ3n) is 7.28. The Morgan fingerprint density at radius 3 is 2.51 bits per heavy atom. The zero-order valence-electron chi connectivity index (χ0n) is 21.4. The van der Waals surface area contributed by atoms with Crippen molar-refractivity contribution in [3.63, 3.8) is 0 Å². The minimum atomic E-state index is -0.689. The van der Waals surface area contributed by atoms with E-state index in [2.05, 4.69) is 11.8 Å². The highest BCUT2D eigenvalue weighted by Crippen LogP contribution is 2.53. The van der Waals surface area contributed by atoms with Crippen LogP contribution in [0.25, 0.3) is 0 Å². The second kappa shape index (κ2) is 10.8. The van der Waals surface area contributed by atoms with Crippen LogP contribution in [-0.4, -0.2) is 50.2 Å². The molecule has 0 spiro atoms. The molecule has 0 aliphatic carbocycles. The first-order valence-electron chi connectivity index (χ1n) is 12.5. The highest BCUT2D eigenvalue weighted by atomic mass is 35.5. The Labute approximate surface area is 233 Å². The van der Waals surface area contributed by atoms with Crippen molar-refractivity contribution < 1.29 is 23.7 Å². The molecule has 0 radical (unpaired) electrons. The molecule has 1 saturated heterocycles. The zero-order chi connectivity index (χ0) is 26.3. The molecule has 4 unspecified atom stereocenters. The van der Waals surface area contributed by atoms with Crippen LogP contribution in [0.2, 0.25) is 5.02 Å². The first-order valence-corrected chi connectivity index (χ1v) is 13.7. The molecule has 9 heteroatoms. The largest absolute Gasteiger partial charge is 0.493 e. The van der Waals surface area contributed by atoms with Crippen molar-refractivity contribution in [2.45, 2.75) is 62.0 Å². The van der Waals surface area contributed by atoms with Crippen molar-refractivity contribution in [3.8, 4) is 11.5 Å². The molecular formula is C28H32Cl3NO5. The van der Waals surface area contributed by atoms with Crippen molar-refractivity contribution in [2.24, 2.45) is 0 Å². The van der Waals surface area contributed by atoms with Gasteiger partial charge in [-0.1, -0.05) is 42.3 Å². The molecule has 0 bridgehead atoms. The Kier molecular flexibility index (Phi) is 7.88. The van der Waals surface area contributed by atoms with Crippen LogP contribution in [0.4, 0.5) is 5.69 Å². The normalized spacial score (nSPS) is 28.1. The quantitative estimate of drug-likeness (QED) is 0.275. The number of halogens is 3. The summed E-state index contributed by atoms with van der Waals surface area (Å²) in [5, 5.41) is 0.591. The minimum Gasteiger partial charge on any atom is -0.493 e. The first-order chi connectivity index (χ1) is 17.8. The van der Waals surface area contributed by atoms with Crippen LogP contribution in [0.1, 0.15) is 50.3 Å². The third kappa shape index (κ3) is 4.93. The summed E-state index contributed by atoms with van der Waals surface area (Å²) in [6.45, 7) is 5.24. The number of rotatable bonds is 6. The smallest absolute Gasteiger partial charge is 0.166 e. The average Bonchev–Trinajstić information content (AvgIpc) is 3.36. The first kappa shape index (κ1) is 26.9. The molecule has 3 aliphatic heterocycles. The molecular weight excluding hydrogens is 537 g/mol. The van der Waals surface area contributed by atoms with E-state index in [9.17, 15) is 0 Å². The lowest BCUT2D eigenvalue weighted by atomic mass is 9.88. The summed E-state index contributed by atoms with van der Waals surface area (Å²) < 4.78 is 30.2. The van der Waals surface area contributed by atoms with E-state index in [1.807, 2.05) is 43.3 Å². The van der Waals surface area contributed by atoms with Crippen LogP contribution in [-0.2, 0) is 14.2 Å². The van der Waals surface area contributed by atoms with E-state index in [1.54, 1.807) is 14.2 Å². The van der Waals surface area contributed by atoms with E-state index in [0.29, 0.717) is 42.6 Å². The fraction of sp³-hybridized carbons (Fsp3) is 0.500. The van der Waals surface area contributed by atoms with Gasteiger partial charge in [0.15, 0.2) is 17.8 Å². The Morgan fingerprint density at radius 1 is 1.08 bits per heavy atom. The number of hydrogen-bond donors (Lipinski definition) is 0. The molecule has 2 aromatic rings. The molecule has 2 aromatic carbocycles. The lowest BCUT2D eigenvalue weighted by molar-refractivity contribution is -0.0851. The van der Waals surface area contributed by atoms with Gasteiger partial charge in [-0.15, -0.1) is 11.6 Å². The summed E-state index contributed by atoms with van der Waals surface area (Å²) in [6, 6.07) is 11.6. The molecule has 0 aromatic heterocycles. The second-order valence-electron chi connectivity index (χ2n) is 9.70. The Bertz CT molecular complexity index is 1180. The second-order valence-corrected chi connectivity index (χ2v) is 11.4. The molecule has 5 rings (SSSR count). The molecule has 3 heterocycles. The summed E-state index contributed by atoms with van der Waals surface area (Å²) in [5.41, 5.74) is 4.25. The summed E-state index contributed by atoms with van der Waals surface area (Å²) in [4.78, 5) is 1.44. The number of benzene rings is 2. The number of nitrogens with zero attached hydrogens (tertiary/aromatic N) is 1. The van der Waals surface area contributed by atoms with Gasteiger partial charge in [-0.3, -0.25) is 0 Å². The number of methoxy groups -OCH3 is 2. The van der Waals surface area contributed by atoms with Gasteiger partial charge in [-0.05, 0) is 49.6 Å². The molecule has 1 fully saturated rings. The van der Waals surface area contributed by atoms with Crippen molar-refractivity contribution >= 4 is 40.5 Å². The van der Waals surface area contributed by atoms with Gasteiger partial charge < -0.3 is 28.6 Å². The van der Waals surface area contributed by atoms with Crippen molar-refractivity contribution in [2.75, 3.05) is 32.3 Å². The maximum Gasteiger partial charge on any atom is 0.166 e. The van der Waals surface area contributed by atoms with E-state index >= 15 is 0 Å². The molecule has 37 heavy (non-hydrogen) atoms. The van der Waals surface area contributed by atoms with Gasteiger partial charge in [0.2, 0.25) is 0 Å². The number of fused-ring (bicyclic) bond motifs is 3. The molecule has 200 valence electrons. The summed E-state index contributed by atoms with van der Waals surface area (Å²) in [7, 11) is 3.25. The fourth-order valence-corrected chi connectivity index (χ4v) is 6.32. The predicted molar refractivity (Wildman–Crippen MR) is 146 cm³/mol. The van der Waals surface area contributed by atoms with E-state index in [0.717, 1.165) is 28.9 Å². The molecule has 0 saturated carbocycles. The number of para-hydroxylation sites is 1. The van der Waals surface area contributed by atoms with Crippen LogP contribution >= 0.6 is 34.8 Å². The molecule has 4 atom stereocenters. The number of alkyl halides is 2. The number of anilines is 1. The van der Waals surface area contributed by atoms with Gasteiger partial charge >= 0.3 is 0 Å². The zero-order valence-corrected chi connectivity index (χ0v) is 23.7. The van der Waals surface area contributed by atoms with Gasteiger partial charge in [0.25, 0.3) is 0 Å². The number of allylic oxidation sites excluding steroid dienone is 1. The van der Waals surface area contributed by atoms with Crippen molar-refractivity contribution in [1.82, 2.24) is 0 Å². The predicted octanol–water partition coefficient (Wildman–Crippen LogP) is 7.05. The van der Waals surface area contributed by atoms with E-state index in [1.165, 1.54) is 5.57 Å². The van der Waals surface area contributed by atoms with Gasteiger partial charge in [0.05, 0.1) is 32.3 Å². The third-order valence-corrected chi connectivity index (χ3v) is 8.65. The van der Waals surface area contributed by atoms with Gasteiger partial charge in [-0.25, -0.2) is 0 Å². The molecule has 0 N–H and O–H groups in total. The van der Waals surface area contributed by atoms with Crippen LogP contribution in [0.5, 0.6) is 11.5 Å². The average molecular weight is 569 g/mol. The van der Waals surface area contributed by atoms with Crippen molar-refractivity contribution in [1.29, 1.82) is 0 Å². The summed E-state index contributed by atoms with van der Waals surface area (Å²) in [6.07, 6.45) is 0.648. The van der Waals surface area contributed by atoms with Gasteiger partial charge in [0.1, 0.15) is 17.7 Å². The van der Waals surface area contributed by atoms with E-state index < -0.39 is 16.5 Å². The van der Waals surface area contributed by atoms with E-state index in [-0.39, 0.29) is 12.4 Å². The lowest BCUT2D eigenvalue weighted by Gasteiger charge is -2.46. The Morgan fingerprint density at radius 2 is 1.84 bits per heavy atom. The maximum atomic E-state index is 7.19. The summed E-state index contributed by atoms with van der Waals surface area (Å²) >= 11 is 20.8. The SMILES string of the molecule is CCC1=C2C(CC3OCCO3)OC(c3cccc(OC)c3OC)c3cc(Cl)ccc3N2C(Cl)C(C)(Cl)C1. The number of ether oxygens (including phenoxy) is 5. The molecule has 3 aliphatic rings. The van der Waals surface area contributed by atoms with Crippen LogP contribution in [0, 0.1) is 0 Å². The van der Waals surface area contributed by atoms with Gasteiger partial charge in [-0.2, -0.15) is 0 Å². The van der Waals surface area contributed by atoms with Gasteiger partial charge in [0, 0.05) is 34.0 Å². The van der Waals surface area contributed by atoms with Crippen molar-refractivity contribution in [3.05, 3.63) is 63.8 Å². The topological polar surface area (TPSA) is 49.4 Å². The Balaban J connectivity index is 1.76. The molecule has 0 amide bonds. The number of hydrogen-bond acceptors (Lipinski definition) is 6. The highest BCUT2D eigenvalue weighted by Gasteiger charge is 2.48. The lowest BCUT2D eigenvalue weighted by Crippen LogP contribution is -2.51. The minimum absolute atomic E-state index is 0.381.